The van der Waals surface area contributed by atoms with Gasteiger partial charge in [0.05, 0.1) is 5.69 Å². The molecule has 2 amide bonds. The van der Waals surface area contributed by atoms with E-state index in [0.717, 1.165) is 21.8 Å². The van der Waals surface area contributed by atoms with Crippen LogP contribution < -0.4 is 9.64 Å². The molecule has 1 heterocycles. The van der Waals surface area contributed by atoms with E-state index in [-0.39, 0.29) is 11.8 Å². The highest BCUT2D eigenvalue weighted by molar-refractivity contribution is 6.28. The fraction of sp³-hybridized carbons (Fsp3) is 0.111. The Morgan fingerprint density at radius 1 is 0.909 bits per heavy atom. The lowest BCUT2D eigenvalue weighted by atomic mass is 10.1. The monoisotopic (exact) mass is 292 g/mol. The lowest BCUT2D eigenvalue weighted by Crippen LogP contribution is -2.29. The molecule has 0 N–H and O–H groups in total. The van der Waals surface area contributed by atoms with Crippen LogP contribution >= 0.6 is 0 Å². The van der Waals surface area contributed by atoms with Crippen LogP contribution in [0.15, 0.2) is 48.6 Å². The lowest BCUT2D eigenvalue weighted by Gasteiger charge is -2.15. The molecule has 4 heteroatoms. The largest absolute Gasteiger partial charge is 0.457 e. The number of carbonyl (C=O) groups is 2. The van der Waals surface area contributed by atoms with Crippen LogP contribution in [0, 0.1) is 19.9 Å². The number of rotatable bonds is 3. The number of imide groups is 1. The fourth-order valence-corrected chi connectivity index (χ4v) is 2.33. The maximum absolute atomic E-state index is 11.6. The van der Waals surface area contributed by atoms with Gasteiger partial charge in [0.25, 0.3) is 11.8 Å². The summed E-state index contributed by atoms with van der Waals surface area (Å²) in [4.78, 5) is 24.4. The summed E-state index contributed by atoms with van der Waals surface area (Å²) in [6.45, 7) is 3.92. The van der Waals surface area contributed by atoms with Gasteiger partial charge in [-0.05, 0) is 67.4 Å². The van der Waals surface area contributed by atoms with E-state index in [1.165, 1.54) is 12.2 Å². The van der Waals surface area contributed by atoms with Crippen LogP contribution in [0.2, 0.25) is 0 Å². The summed E-state index contributed by atoms with van der Waals surface area (Å²) >= 11 is 0. The predicted molar refractivity (Wildman–Crippen MR) is 82.9 cm³/mol. The summed E-state index contributed by atoms with van der Waals surface area (Å²) in [5, 5.41) is 0. The number of ether oxygens (including phenoxy) is 1. The first kappa shape index (κ1) is 14.1. The number of carbonyl (C=O) groups excluding carboxylic acids is 2. The number of hydrogen-bond donors (Lipinski definition) is 0. The van der Waals surface area contributed by atoms with Crippen molar-refractivity contribution in [2.24, 2.45) is 0 Å². The van der Waals surface area contributed by atoms with Crippen LogP contribution in [-0.2, 0) is 9.59 Å². The molecule has 3 rings (SSSR count). The van der Waals surface area contributed by atoms with Gasteiger partial charge >= 0.3 is 0 Å². The summed E-state index contributed by atoms with van der Waals surface area (Å²) in [5.41, 5.74) is 2.53. The summed E-state index contributed by atoms with van der Waals surface area (Å²) in [7, 11) is 0. The standard InChI is InChI=1S/C18H14NO3/c1-12-4-3-5-13(2)18(12)22-15-8-6-14(7-9-15)19-16(20)10-11-17(19)21/h4-11H,1-2H3. The van der Waals surface area contributed by atoms with Crippen molar-refractivity contribution in [3.05, 3.63) is 65.7 Å². The Hall–Kier alpha value is -2.88. The van der Waals surface area contributed by atoms with Crippen LogP contribution in [0.25, 0.3) is 0 Å². The Morgan fingerprint density at radius 2 is 1.45 bits per heavy atom. The van der Waals surface area contributed by atoms with Crippen molar-refractivity contribution in [1.29, 1.82) is 0 Å². The summed E-state index contributed by atoms with van der Waals surface area (Å²) in [5.74, 6) is 0.780. The van der Waals surface area contributed by atoms with Gasteiger partial charge in [0, 0.05) is 12.2 Å². The molecule has 22 heavy (non-hydrogen) atoms. The molecule has 0 fully saturated rings. The summed E-state index contributed by atoms with van der Waals surface area (Å²) in [6.07, 6.45) is 2.53. The minimum absolute atomic E-state index is 0.330. The van der Waals surface area contributed by atoms with E-state index in [1.807, 2.05) is 26.0 Å². The molecular formula is C18H14NO3. The average Bonchev–Trinajstić information content (AvgIpc) is 2.83. The van der Waals surface area contributed by atoms with Gasteiger partial charge in [0.2, 0.25) is 0 Å². The molecule has 109 valence electrons. The van der Waals surface area contributed by atoms with Gasteiger partial charge in [0.15, 0.2) is 0 Å². The number of hydrogen-bond acceptors (Lipinski definition) is 3. The van der Waals surface area contributed by atoms with Crippen LogP contribution in [0.1, 0.15) is 11.1 Å². The molecule has 0 bridgehead atoms. The van der Waals surface area contributed by atoms with Gasteiger partial charge in [-0.2, -0.15) is 0 Å². The van der Waals surface area contributed by atoms with E-state index < -0.39 is 0 Å². The molecular weight excluding hydrogens is 278 g/mol. The second-order valence-electron chi connectivity index (χ2n) is 5.09. The van der Waals surface area contributed by atoms with E-state index in [2.05, 4.69) is 6.07 Å². The lowest BCUT2D eigenvalue weighted by molar-refractivity contribution is -0.119. The number of anilines is 1. The minimum Gasteiger partial charge on any atom is -0.457 e. The van der Waals surface area contributed by atoms with E-state index in [4.69, 9.17) is 4.74 Å². The third-order valence-electron chi connectivity index (χ3n) is 3.44. The second kappa shape index (κ2) is 5.48. The Labute approximate surface area is 128 Å². The zero-order valence-electron chi connectivity index (χ0n) is 12.3. The van der Waals surface area contributed by atoms with E-state index in [9.17, 15) is 9.59 Å². The van der Waals surface area contributed by atoms with E-state index >= 15 is 0 Å². The SMILES string of the molecule is Cc1c[c]cc(C)c1Oc1ccc(N2C(=O)C=CC2=O)cc1. The second-order valence-corrected chi connectivity index (χ2v) is 5.09. The van der Waals surface area contributed by atoms with E-state index in [0.29, 0.717) is 11.4 Å². The highest BCUT2D eigenvalue weighted by Gasteiger charge is 2.24. The Kier molecular flexibility index (Phi) is 3.51. The Bertz CT molecular complexity index is 737. The molecule has 1 aliphatic rings. The molecule has 2 aromatic rings. The number of nitrogens with zero attached hydrogens (tertiary/aromatic N) is 1. The van der Waals surface area contributed by atoms with Gasteiger partial charge in [-0.1, -0.05) is 0 Å². The zero-order chi connectivity index (χ0) is 15.7. The van der Waals surface area contributed by atoms with Crippen molar-refractivity contribution in [3.8, 4) is 11.5 Å². The molecule has 4 nitrogen and oxygen atoms in total. The van der Waals surface area contributed by atoms with Crippen LogP contribution in [0.4, 0.5) is 5.69 Å². The third-order valence-corrected chi connectivity index (χ3v) is 3.44. The molecule has 0 aromatic heterocycles. The molecule has 0 saturated carbocycles. The first-order valence-electron chi connectivity index (χ1n) is 6.87. The van der Waals surface area contributed by atoms with Gasteiger partial charge in [-0.15, -0.1) is 0 Å². The summed E-state index contributed by atoms with van der Waals surface area (Å²) in [6, 6.07) is 13.6. The van der Waals surface area contributed by atoms with Gasteiger partial charge in [-0.25, -0.2) is 4.90 Å². The topological polar surface area (TPSA) is 46.6 Å². The Balaban J connectivity index is 1.83. The minimum atomic E-state index is -0.330. The smallest absolute Gasteiger partial charge is 0.258 e. The molecule has 0 atom stereocenters. The molecule has 2 aromatic carbocycles. The molecule has 0 unspecified atom stereocenters. The molecule has 1 aliphatic heterocycles. The average molecular weight is 292 g/mol. The maximum Gasteiger partial charge on any atom is 0.258 e. The molecule has 0 saturated heterocycles. The Morgan fingerprint density at radius 3 is 2.00 bits per heavy atom. The third kappa shape index (κ3) is 2.51. The molecule has 0 aliphatic carbocycles. The van der Waals surface area contributed by atoms with Crippen LogP contribution in [-0.4, -0.2) is 11.8 Å². The number of aryl methyl sites for hydroxylation is 2. The van der Waals surface area contributed by atoms with Gasteiger partial charge in [-0.3, -0.25) is 9.59 Å². The van der Waals surface area contributed by atoms with Crippen molar-refractivity contribution in [2.75, 3.05) is 4.90 Å². The first-order valence-corrected chi connectivity index (χ1v) is 6.87. The van der Waals surface area contributed by atoms with Crippen molar-refractivity contribution in [2.45, 2.75) is 13.8 Å². The number of amides is 2. The van der Waals surface area contributed by atoms with Gasteiger partial charge < -0.3 is 4.74 Å². The first-order chi connectivity index (χ1) is 10.6. The van der Waals surface area contributed by atoms with Crippen molar-refractivity contribution in [1.82, 2.24) is 0 Å². The highest BCUT2D eigenvalue weighted by atomic mass is 16.5. The fourth-order valence-electron chi connectivity index (χ4n) is 2.33. The van der Waals surface area contributed by atoms with Crippen LogP contribution in [0.5, 0.6) is 11.5 Å². The van der Waals surface area contributed by atoms with Crippen LogP contribution in [0.3, 0.4) is 0 Å². The predicted octanol–water partition coefficient (Wildman–Crippen LogP) is 3.33. The number of benzene rings is 2. The van der Waals surface area contributed by atoms with E-state index in [1.54, 1.807) is 24.3 Å². The normalized spacial score (nSPS) is 13.8. The summed E-state index contributed by atoms with van der Waals surface area (Å²) < 4.78 is 5.89. The molecule has 1 radical (unpaired) electrons. The van der Waals surface area contributed by atoms with Crippen molar-refractivity contribution in [3.63, 3.8) is 0 Å². The zero-order valence-corrected chi connectivity index (χ0v) is 12.3. The van der Waals surface area contributed by atoms with Crippen molar-refractivity contribution >= 4 is 17.5 Å². The maximum atomic E-state index is 11.6. The quantitative estimate of drug-likeness (QED) is 0.815. The molecule has 0 spiro atoms. The highest BCUT2D eigenvalue weighted by Crippen LogP contribution is 2.30. The van der Waals surface area contributed by atoms with Gasteiger partial charge in [0.1, 0.15) is 11.5 Å². The van der Waals surface area contributed by atoms with Crippen molar-refractivity contribution < 1.29 is 14.3 Å².